The lowest BCUT2D eigenvalue weighted by molar-refractivity contribution is -0.142. The fraction of sp³-hybridized carbons (Fsp3) is 0.375. The molecular formula is C32H36N6O4. The summed E-state index contributed by atoms with van der Waals surface area (Å²) in [6.07, 6.45) is 5.25. The largest absolute Gasteiger partial charge is 0.454 e. The molecule has 218 valence electrons. The van der Waals surface area contributed by atoms with Gasteiger partial charge in [0.05, 0.1) is 5.52 Å². The van der Waals surface area contributed by atoms with Crippen LogP contribution in [-0.2, 0) is 22.7 Å². The number of aromatic nitrogens is 3. The number of hydrogen-bond acceptors (Lipinski definition) is 7. The van der Waals surface area contributed by atoms with Crippen LogP contribution in [0.4, 0.5) is 5.69 Å². The van der Waals surface area contributed by atoms with Crippen LogP contribution in [-0.4, -0.2) is 58.6 Å². The van der Waals surface area contributed by atoms with E-state index < -0.39 is 6.04 Å². The molecule has 0 spiro atoms. The first-order valence-corrected chi connectivity index (χ1v) is 14.5. The summed E-state index contributed by atoms with van der Waals surface area (Å²) in [6, 6.07) is 20.2. The molecule has 1 saturated carbocycles. The van der Waals surface area contributed by atoms with Gasteiger partial charge in [-0.05, 0) is 60.4 Å². The minimum atomic E-state index is -0.851. The Balaban J connectivity index is 1.38. The zero-order valence-corrected chi connectivity index (χ0v) is 24.0. The van der Waals surface area contributed by atoms with Gasteiger partial charge in [-0.1, -0.05) is 54.8 Å². The molecule has 0 radical (unpaired) electrons. The van der Waals surface area contributed by atoms with Gasteiger partial charge in [-0.25, -0.2) is 4.68 Å². The molecule has 0 unspecified atom stereocenters. The van der Waals surface area contributed by atoms with E-state index in [9.17, 15) is 9.59 Å². The number of fused-ring (bicyclic) bond motifs is 2. The summed E-state index contributed by atoms with van der Waals surface area (Å²) >= 11 is 0. The molecule has 1 aliphatic carbocycles. The first-order valence-electron chi connectivity index (χ1n) is 14.5. The molecule has 0 bridgehead atoms. The van der Waals surface area contributed by atoms with Crippen LogP contribution in [0.15, 0.2) is 66.7 Å². The summed E-state index contributed by atoms with van der Waals surface area (Å²) in [5.74, 6) is 0.859. The highest BCUT2D eigenvalue weighted by Crippen LogP contribution is 2.34. The van der Waals surface area contributed by atoms with E-state index >= 15 is 0 Å². The van der Waals surface area contributed by atoms with Crippen LogP contribution >= 0.6 is 0 Å². The van der Waals surface area contributed by atoms with E-state index in [1.807, 2.05) is 85.7 Å². The van der Waals surface area contributed by atoms with Crippen molar-refractivity contribution in [3.05, 3.63) is 77.9 Å². The normalized spacial score (nSPS) is 15.4. The molecule has 2 heterocycles. The van der Waals surface area contributed by atoms with E-state index in [1.165, 1.54) is 6.42 Å². The molecular weight excluding hydrogens is 532 g/mol. The number of amides is 2. The van der Waals surface area contributed by atoms with Gasteiger partial charge in [0.2, 0.25) is 18.6 Å². The third kappa shape index (κ3) is 5.88. The number of nitrogens with zero attached hydrogens (tertiary/aromatic N) is 5. The van der Waals surface area contributed by atoms with E-state index in [-0.39, 0.29) is 37.7 Å². The van der Waals surface area contributed by atoms with Crippen molar-refractivity contribution < 1.29 is 19.1 Å². The van der Waals surface area contributed by atoms with Gasteiger partial charge in [-0.3, -0.25) is 9.59 Å². The molecule has 1 aliphatic heterocycles. The van der Waals surface area contributed by atoms with E-state index in [4.69, 9.17) is 9.47 Å². The van der Waals surface area contributed by atoms with Crippen molar-refractivity contribution in [1.29, 1.82) is 0 Å². The van der Waals surface area contributed by atoms with E-state index in [0.717, 1.165) is 48.0 Å². The zero-order chi connectivity index (χ0) is 29.1. The summed E-state index contributed by atoms with van der Waals surface area (Å²) in [4.78, 5) is 32.1. The van der Waals surface area contributed by atoms with Crippen molar-refractivity contribution >= 4 is 28.5 Å². The molecule has 10 heteroatoms. The number of rotatable bonds is 9. The maximum atomic E-state index is 14.3. The molecule has 0 saturated heterocycles. The molecule has 6 rings (SSSR count). The Kier molecular flexibility index (Phi) is 7.94. The number of para-hydroxylation sites is 1. The van der Waals surface area contributed by atoms with Crippen molar-refractivity contribution in [2.24, 2.45) is 0 Å². The number of hydrogen-bond donors (Lipinski definition) is 1. The van der Waals surface area contributed by atoms with Crippen LogP contribution in [0.3, 0.4) is 0 Å². The van der Waals surface area contributed by atoms with Crippen LogP contribution < -0.4 is 19.7 Å². The van der Waals surface area contributed by atoms with E-state index in [0.29, 0.717) is 17.0 Å². The lowest BCUT2D eigenvalue weighted by Crippen LogP contribution is -2.47. The maximum absolute atomic E-state index is 14.3. The number of ether oxygens (including phenoxy) is 2. The van der Waals surface area contributed by atoms with Gasteiger partial charge in [0.1, 0.15) is 18.1 Å². The average Bonchev–Trinajstić information content (AvgIpc) is 3.64. The minimum Gasteiger partial charge on any atom is -0.454 e. The molecule has 10 nitrogen and oxygen atoms in total. The Morgan fingerprint density at radius 3 is 2.52 bits per heavy atom. The molecule has 1 N–H and O–H groups in total. The predicted molar refractivity (Wildman–Crippen MR) is 159 cm³/mol. The van der Waals surface area contributed by atoms with Gasteiger partial charge in [0.25, 0.3) is 0 Å². The second-order valence-electron chi connectivity index (χ2n) is 11.2. The van der Waals surface area contributed by atoms with Gasteiger partial charge < -0.3 is 24.6 Å². The summed E-state index contributed by atoms with van der Waals surface area (Å²) in [7, 11) is 3.94. The van der Waals surface area contributed by atoms with Crippen molar-refractivity contribution in [2.75, 3.05) is 25.8 Å². The highest BCUT2D eigenvalue weighted by Gasteiger charge is 2.34. The maximum Gasteiger partial charge on any atom is 0.247 e. The third-order valence-electron chi connectivity index (χ3n) is 8.05. The standard InChI is InChI=1S/C32H36N6O4/c1-36(2)25-15-13-23(14-16-25)31(32(40)33-24-8-4-3-5-9-24)37(19-22-12-17-28-29(18-22)42-21-41-28)30(39)20-38-27-11-7-6-10-26(27)34-35-38/h6-7,10-18,24,31H,3-5,8-9,19-21H2,1-2H3,(H,33,40)/t31-/m0/s1. The number of carbonyl (C=O) groups excluding carboxylic acids is 2. The monoisotopic (exact) mass is 568 g/mol. The Labute approximate surface area is 245 Å². The van der Waals surface area contributed by atoms with Crippen molar-refractivity contribution in [3.8, 4) is 11.5 Å². The third-order valence-corrected chi connectivity index (χ3v) is 8.05. The number of anilines is 1. The van der Waals surface area contributed by atoms with Crippen LogP contribution in [0, 0.1) is 0 Å². The van der Waals surface area contributed by atoms with Gasteiger partial charge in [-0.2, -0.15) is 0 Å². The van der Waals surface area contributed by atoms with Crippen LogP contribution in [0.25, 0.3) is 11.0 Å². The second-order valence-corrected chi connectivity index (χ2v) is 11.2. The Hall–Kier alpha value is -4.60. The molecule has 4 aromatic rings. The molecule has 42 heavy (non-hydrogen) atoms. The molecule has 2 amide bonds. The van der Waals surface area contributed by atoms with Gasteiger partial charge >= 0.3 is 0 Å². The highest BCUT2D eigenvalue weighted by molar-refractivity contribution is 5.89. The lowest BCUT2D eigenvalue weighted by Gasteiger charge is -2.34. The summed E-state index contributed by atoms with van der Waals surface area (Å²) in [5.41, 5.74) is 4.04. The number of benzene rings is 3. The van der Waals surface area contributed by atoms with Crippen LogP contribution in [0.1, 0.15) is 49.3 Å². The lowest BCUT2D eigenvalue weighted by atomic mass is 9.94. The summed E-state index contributed by atoms with van der Waals surface area (Å²) in [5, 5.41) is 11.8. The molecule has 3 aromatic carbocycles. The fourth-order valence-corrected chi connectivity index (χ4v) is 5.77. The van der Waals surface area contributed by atoms with Gasteiger partial charge in [0, 0.05) is 32.4 Å². The average molecular weight is 569 g/mol. The summed E-state index contributed by atoms with van der Waals surface area (Å²) in [6.45, 7) is 0.291. The first kappa shape index (κ1) is 27.6. The first-order chi connectivity index (χ1) is 20.5. The van der Waals surface area contributed by atoms with Gasteiger partial charge in [-0.15, -0.1) is 5.10 Å². The van der Waals surface area contributed by atoms with Crippen LogP contribution in [0.2, 0.25) is 0 Å². The quantitative estimate of drug-likeness (QED) is 0.318. The minimum absolute atomic E-state index is 0.0615. The van der Waals surface area contributed by atoms with E-state index in [1.54, 1.807) is 9.58 Å². The topological polar surface area (TPSA) is 102 Å². The zero-order valence-electron chi connectivity index (χ0n) is 24.0. The number of nitrogens with one attached hydrogen (secondary N) is 1. The van der Waals surface area contributed by atoms with Crippen molar-refractivity contribution in [3.63, 3.8) is 0 Å². The molecule has 1 fully saturated rings. The van der Waals surface area contributed by atoms with Crippen LogP contribution in [0.5, 0.6) is 11.5 Å². The Bertz CT molecular complexity index is 1560. The SMILES string of the molecule is CN(C)c1ccc([C@@H](C(=O)NC2CCCCC2)N(Cc2ccc3c(c2)OCO3)C(=O)Cn2nnc3ccccc32)cc1. The van der Waals surface area contributed by atoms with Crippen molar-refractivity contribution in [2.45, 2.75) is 57.3 Å². The molecule has 1 atom stereocenters. The Morgan fingerprint density at radius 1 is 0.976 bits per heavy atom. The van der Waals surface area contributed by atoms with E-state index in [2.05, 4.69) is 15.6 Å². The van der Waals surface area contributed by atoms with Crippen molar-refractivity contribution in [1.82, 2.24) is 25.2 Å². The predicted octanol–water partition coefficient (Wildman–Crippen LogP) is 4.45. The highest BCUT2D eigenvalue weighted by atomic mass is 16.7. The fourth-order valence-electron chi connectivity index (χ4n) is 5.77. The number of carbonyl (C=O) groups is 2. The smallest absolute Gasteiger partial charge is 0.247 e. The molecule has 2 aliphatic rings. The Morgan fingerprint density at radius 2 is 1.74 bits per heavy atom. The van der Waals surface area contributed by atoms with Gasteiger partial charge in [0.15, 0.2) is 11.5 Å². The molecule has 1 aromatic heterocycles. The second kappa shape index (κ2) is 12.1. The summed E-state index contributed by atoms with van der Waals surface area (Å²) < 4.78 is 12.7.